The van der Waals surface area contributed by atoms with Gasteiger partial charge in [0.15, 0.2) is 0 Å². The molecule has 0 bridgehead atoms. The van der Waals surface area contributed by atoms with E-state index in [-0.39, 0.29) is 0 Å². The predicted molar refractivity (Wildman–Crippen MR) is 88.6 cm³/mol. The first kappa shape index (κ1) is 16.3. The van der Waals surface area contributed by atoms with Gasteiger partial charge in [-0.05, 0) is 38.3 Å². The number of rotatable bonds is 7. The van der Waals surface area contributed by atoms with Crippen molar-refractivity contribution in [1.29, 1.82) is 0 Å². The minimum Gasteiger partial charge on any atom is -0.493 e. The van der Waals surface area contributed by atoms with Crippen LogP contribution in [0.5, 0.6) is 5.75 Å². The summed E-state index contributed by atoms with van der Waals surface area (Å²) in [7, 11) is 0. The first-order valence-corrected chi connectivity index (χ1v) is 8.50. The lowest BCUT2D eigenvalue weighted by molar-refractivity contribution is 0.177. The highest BCUT2D eigenvalue weighted by Crippen LogP contribution is 2.20. The number of para-hydroxylation sites is 1. The van der Waals surface area contributed by atoms with Gasteiger partial charge in [0.2, 0.25) is 0 Å². The summed E-state index contributed by atoms with van der Waals surface area (Å²) in [5.41, 5.74) is 6.83. The number of hydrogen-bond donors (Lipinski definition) is 1. The maximum absolute atomic E-state index is 5.91. The van der Waals surface area contributed by atoms with Crippen molar-refractivity contribution in [1.82, 2.24) is 4.90 Å². The van der Waals surface area contributed by atoms with E-state index in [0.29, 0.717) is 6.54 Å². The summed E-state index contributed by atoms with van der Waals surface area (Å²) < 4.78 is 5.91. The normalized spacial score (nSPS) is 20.2. The standard InChI is InChI=1S/C18H30N2O/c1-2-17-10-4-3-7-12-20(17)13-8-14-21-18-11-6-5-9-16(18)15-19/h5-6,9,11,17H,2-4,7-8,10,12-15,19H2,1H3. The molecule has 0 radical (unpaired) electrons. The van der Waals surface area contributed by atoms with E-state index in [2.05, 4.69) is 11.8 Å². The molecule has 118 valence electrons. The minimum absolute atomic E-state index is 0.542. The van der Waals surface area contributed by atoms with Gasteiger partial charge < -0.3 is 15.4 Å². The molecular formula is C18H30N2O. The van der Waals surface area contributed by atoms with Gasteiger partial charge in [0.05, 0.1) is 6.61 Å². The minimum atomic E-state index is 0.542. The quantitative estimate of drug-likeness (QED) is 0.780. The fraction of sp³-hybridized carbons (Fsp3) is 0.667. The van der Waals surface area contributed by atoms with Crippen molar-refractivity contribution in [2.45, 2.75) is 58.0 Å². The molecule has 2 N–H and O–H groups in total. The van der Waals surface area contributed by atoms with Crippen molar-refractivity contribution in [3.63, 3.8) is 0 Å². The highest BCUT2D eigenvalue weighted by atomic mass is 16.5. The number of nitrogens with two attached hydrogens (primary N) is 1. The van der Waals surface area contributed by atoms with Crippen LogP contribution >= 0.6 is 0 Å². The van der Waals surface area contributed by atoms with Crippen molar-refractivity contribution >= 4 is 0 Å². The van der Waals surface area contributed by atoms with Gasteiger partial charge in [-0.1, -0.05) is 38.0 Å². The lowest BCUT2D eigenvalue weighted by Crippen LogP contribution is -2.35. The average Bonchev–Trinajstić information content (AvgIpc) is 2.76. The van der Waals surface area contributed by atoms with E-state index >= 15 is 0 Å². The van der Waals surface area contributed by atoms with Gasteiger partial charge in [0.1, 0.15) is 5.75 Å². The fourth-order valence-electron chi connectivity index (χ4n) is 3.26. The Morgan fingerprint density at radius 3 is 2.90 bits per heavy atom. The van der Waals surface area contributed by atoms with Crippen LogP contribution < -0.4 is 10.5 Å². The van der Waals surface area contributed by atoms with Crippen LogP contribution in [0.25, 0.3) is 0 Å². The first-order chi connectivity index (χ1) is 10.3. The van der Waals surface area contributed by atoms with E-state index in [1.54, 1.807) is 0 Å². The summed E-state index contributed by atoms with van der Waals surface area (Å²) in [5.74, 6) is 0.947. The smallest absolute Gasteiger partial charge is 0.123 e. The molecule has 2 rings (SSSR count). The zero-order valence-electron chi connectivity index (χ0n) is 13.4. The summed E-state index contributed by atoms with van der Waals surface area (Å²) in [6.45, 7) is 6.06. The van der Waals surface area contributed by atoms with E-state index < -0.39 is 0 Å². The molecule has 1 aromatic rings. The van der Waals surface area contributed by atoms with Crippen molar-refractivity contribution in [2.24, 2.45) is 5.73 Å². The van der Waals surface area contributed by atoms with E-state index in [9.17, 15) is 0 Å². The lowest BCUT2D eigenvalue weighted by atomic mass is 10.1. The van der Waals surface area contributed by atoms with Gasteiger partial charge in [-0.25, -0.2) is 0 Å². The molecule has 0 spiro atoms. The van der Waals surface area contributed by atoms with Gasteiger partial charge in [0.25, 0.3) is 0 Å². The van der Waals surface area contributed by atoms with Gasteiger partial charge >= 0.3 is 0 Å². The molecule has 0 aromatic heterocycles. The maximum atomic E-state index is 5.91. The van der Waals surface area contributed by atoms with Crippen molar-refractivity contribution < 1.29 is 4.74 Å². The summed E-state index contributed by atoms with van der Waals surface area (Å²) in [5, 5.41) is 0. The van der Waals surface area contributed by atoms with Crippen LogP contribution in [0.15, 0.2) is 24.3 Å². The predicted octanol–water partition coefficient (Wildman–Crippen LogP) is 3.57. The summed E-state index contributed by atoms with van der Waals surface area (Å²) in [6, 6.07) is 8.86. The number of benzene rings is 1. The fourth-order valence-corrected chi connectivity index (χ4v) is 3.26. The lowest BCUT2D eigenvalue weighted by Gasteiger charge is -2.29. The van der Waals surface area contributed by atoms with Gasteiger partial charge in [0, 0.05) is 24.7 Å². The summed E-state index contributed by atoms with van der Waals surface area (Å²) in [4.78, 5) is 2.67. The molecule has 1 aliphatic rings. The van der Waals surface area contributed by atoms with Crippen LogP contribution in [0.3, 0.4) is 0 Å². The second kappa shape index (κ2) is 9.06. The van der Waals surface area contributed by atoms with E-state index in [0.717, 1.165) is 36.9 Å². The molecule has 3 heteroatoms. The Morgan fingerprint density at radius 2 is 2.10 bits per heavy atom. The Morgan fingerprint density at radius 1 is 1.24 bits per heavy atom. The van der Waals surface area contributed by atoms with E-state index in [1.165, 1.54) is 38.6 Å². The number of ether oxygens (including phenoxy) is 1. The third-order valence-corrected chi connectivity index (χ3v) is 4.51. The van der Waals surface area contributed by atoms with E-state index in [4.69, 9.17) is 10.5 Å². The van der Waals surface area contributed by atoms with Gasteiger partial charge in [-0.2, -0.15) is 0 Å². The third kappa shape index (κ3) is 5.01. The molecule has 1 saturated heterocycles. The molecule has 3 nitrogen and oxygen atoms in total. The number of nitrogens with zero attached hydrogens (tertiary/aromatic N) is 1. The Hall–Kier alpha value is -1.06. The molecule has 1 atom stereocenters. The van der Waals surface area contributed by atoms with Crippen LogP contribution in [0.2, 0.25) is 0 Å². The molecule has 1 aromatic carbocycles. The highest BCUT2D eigenvalue weighted by molar-refractivity contribution is 5.32. The Labute approximate surface area is 129 Å². The molecule has 21 heavy (non-hydrogen) atoms. The number of likely N-dealkylation sites (tertiary alicyclic amines) is 1. The Kier molecular flexibility index (Phi) is 7.04. The molecule has 1 aliphatic heterocycles. The summed E-state index contributed by atoms with van der Waals surface area (Å²) in [6.07, 6.45) is 7.88. The SMILES string of the molecule is CCC1CCCCCN1CCCOc1ccccc1CN. The molecular weight excluding hydrogens is 260 g/mol. The van der Waals surface area contributed by atoms with Crippen LogP contribution in [0.1, 0.15) is 51.0 Å². The second-order valence-corrected chi connectivity index (χ2v) is 5.96. The molecule has 1 heterocycles. The van der Waals surface area contributed by atoms with Crippen LogP contribution in [-0.4, -0.2) is 30.6 Å². The summed E-state index contributed by atoms with van der Waals surface area (Å²) >= 11 is 0. The van der Waals surface area contributed by atoms with Crippen molar-refractivity contribution in [3.05, 3.63) is 29.8 Å². The molecule has 0 aliphatic carbocycles. The zero-order valence-corrected chi connectivity index (χ0v) is 13.4. The van der Waals surface area contributed by atoms with Crippen LogP contribution in [0.4, 0.5) is 0 Å². The first-order valence-electron chi connectivity index (χ1n) is 8.50. The second-order valence-electron chi connectivity index (χ2n) is 5.96. The molecule has 1 unspecified atom stereocenters. The number of hydrogen-bond acceptors (Lipinski definition) is 3. The highest BCUT2D eigenvalue weighted by Gasteiger charge is 2.18. The van der Waals surface area contributed by atoms with Gasteiger partial charge in [-0.3, -0.25) is 0 Å². The molecule has 0 amide bonds. The van der Waals surface area contributed by atoms with Crippen molar-refractivity contribution in [3.8, 4) is 5.75 Å². The van der Waals surface area contributed by atoms with Crippen LogP contribution in [0, 0.1) is 0 Å². The monoisotopic (exact) mass is 290 g/mol. The molecule has 0 saturated carbocycles. The van der Waals surface area contributed by atoms with Crippen molar-refractivity contribution in [2.75, 3.05) is 19.7 Å². The largest absolute Gasteiger partial charge is 0.493 e. The Bertz CT molecular complexity index is 408. The topological polar surface area (TPSA) is 38.5 Å². The zero-order chi connectivity index (χ0) is 14.9. The average molecular weight is 290 g/mol. The van der Waals surface area contributed by atoms with Gasteiger partial charge in [-0.15, -0.1) is 0 Å². The maximum Gasteiger partial charge on any atom is 0.123 e. The third-order valence-electron chi connectivity index (χ3n) is 4.51. The van der Waals surface area contributed by atoms with Crippen LogP contribution in [-0.2, 0) is 6.54 Å². The van der Waals surface area contributed by atoms with E-state index in [1.807, 2.05) is 24.3 Å². The Balaban J connectivity index is 1.75. The molecule has 1 fully saturated rings.